The first kappa shape index (κ1) is 69.1. The molecule has 420 valence electrons. The number of carbonyl (C=O) groups is 4. The van der Waals surface area contributed by atoms with Crippen LogP contribution in [0.4, 0.5) is 0 Å². The summed E-state index contributed by atoms with van der Waals surface area (Å²) in [6, 6.07) is 0. The number of aliphatic hydroxyl groups is 1. The largest absolute Gasteiger partial charge is 0.472 e. The van der Waals surface area contributed by atoms with E-state index in [1.807, 2.05) is 0 Å². The minimum Gasteiger partial charge on any atom is -0.462 e. The first-order valence-electron chi connectivity index (χ1n) is 27.8. The second-order valence-corrected chi connectivity index (χ2v) is 21.8. The van der Waals surface area contributed by atoms with E-state index in [2.05, 4.69) is 20.8 Å². The van der Waals surface area contributed by atoms with E-state index in [4.69, 9.17) is 37.0 Å². The molecule has 71 heavy (non-hydrogen) atoms. The molecule has 0 aliphatic carbocycles. The molecule has 0 fully saturated rings. The van der Waals surface area contributed by atoms with Crippen molar-refractivity contribution in [3.8, 4) is 0 Å². The third-order valence-corrected chi connectivity index (χ3v) is 13.8. The van der Waals surface area contributed by atoms with E-state index in [-0.39, 0.29) is 25.7 Å². The lowest BCUT2D eigenvalue weighted by Crippen LogP contribution is -2.30. The van der Waals surface area contributed by atoms with Gasteiger partial charge in [-0.05, 0) is 19.3 Å². The number of aliphatic hydroxyl groups excluding tert-OH is 1. The van der Waals surface area contributed by atoms with Gasteiger partial charge in [0.1, 0.15) is 19.3 Å². The molecule has 2 unspecified atom stereocenters. The summed E-state index contributed by atoms with van der Waals surface area (Å²) in [5, 5.41) is 10.4. The van der Waals surface area contributed by atoms with Crippen molar-refractivity contribution in [2.24, 2.45) is 0 Å². The van der Waals surface area contributed by atoms with E-state index in [1.54, 1.807) is 6.92 Å². The van der Waals surface area contributed by atoms with Gasteiger partial charge in [-0.2, -0.15) is 0 Å². The van der Waals surface area contributed by atoms with Crippen LogP contribution in [0.2, 0.25) is 0 Å². The SMILES string of the molecule is CCCCCCCCCCCCCCCCCC(=O)O[C@H](COC(=O)CC)COP(=O)(O)OC[C@@H](O)COP(=O)(O)OC[C@@H](COC(=O)CCCCCCCCCCC)OC(=O)CCCCCCCCC. The summed E-state index contributed by atoms with van der Waals surface area (Å²) in [6.45, 7) is 4.15. The molecule has 0 saturated carbocycles. The Labute approximate surface area is 428 Å². The average molecular weight is 1060 g/mol. The van der Waals surface area contributed by atoms with Gasteiger partial charge in [0.15, 0.2) is 12.2 Å². The molecule has 19 heteroatoms. The van der Waals surface area contributed by atoms with E-state index in [9.17, 15) is 43.2 Å². The molecule has 3 N–H and O–H groups in total. The summed E-state index contributed by atoms with van der Waals surface area (Å²) >= 11 is 0. The molecule has 0 aromatic carbocycles. The predicted molar refractivity (Wildman–Crippen MR) is 275 cm³/mol. The van der Waals surface area contributed by atoms with Crippen molar-refractivity contribution in [2.75, 3.05) is 39.6 Å². The highest BCUT2D eigenvalue weighted by Crippen LogP contribution is 2.45. The zero-order valence-corrected chi connectivity index (χ0v) is 46.5. The first-order chi connectivity index (χ1) is 34.2. The molecular weight excluding hydrogens is 959 g/mol. The van der Waals surface area contributed by atoms with E-state index in [1.165, 1.54) is 96.3 Å². The predicted octanol–water partition coefficient (Wildman–Crippen LogP) is 13.3. The number of hydrogen-bond acceptors (Lipinski definition) is 15. The fraction of sp³-hybridized carbons (Fsp3) is 0.923. The zero-order chi connectivity index (χ0) is 52.7. The maximum absolute atomic E-state index is 12.8. The molecule has 0 heterocycles. The molecule has 17 nitrogen and oxygen atoms in total. The minimum atomic E-state index is -4.92. The van der Waals surface area contributed by atoms with Gasteiger partial charge in [0.25, 0.3) is 0 Å². The highest BCUT2D eigenvalue weighted by atomic mass is 31.2. The molecule has 0 radical (unpaired) electrons. The Morgan fingerprint density at radius 3 is 0.901 bits per heavy atom. The van der Waals surface area contributed by atoms with Crippen LogP contribution in [0.5, 0.6) is 0 Å². The standard InChI is InChI=1S/C52H100O17P2/c1-5-9-12-15-18-20-21-22-23-24-25-27-30-33-36-39-51(56)68-47(42-62-49(54)8-4)44-66-70(58,59)64-40-46(53)41-65-71(60,61)67-45-48(69-52(57)38-35-32-28-17-14-11-7-3)43-63-50(55)37-34-31-29-26-19-16-13-10-6-2/h46-48,53H,5-45H2,1-4H3,(H,58,59)(H,60,61)/t46-,47-,48-/m1/s1. The number of phosphoric ester groups is 2. The molecular formula is C52H100O17P2. The average Bonchev–Trinajstić information content (AvgIpc) is 3.34. The number of hydrogen-bond donors (Lipinski definition) is 3. The van der Waals surface area contributed by atoms with Crippen LogP contribution in [-0.2, 0) is 65.4 Å². The Morgan fingerprint density at radius 1 is 0.352 bits per heavy atom. The van der Waals surface area contributed by atoms with Crippen molar-refractivity contribution in [1.29, 1.82) is 0 Å². The van der Waals surface area contributed by atoms with Crippen molar-refractivity contribution < 1.29 is 80.2 Å². The van der Waals surface area contributed by atoms with Gasteiger partial charge < -0.3 is 33.8 Å². The molecule has 0 bridgehead atoms. The van der Waals surface area contributed by atoms with Crippen molar-refractivity contribution in [1.82, 2.24) is 0 Å². The lowest BCUT2D eigenvalue weighted by atomic mass is 10.0. The van der Waals surface area contributed by atoms with E-state index >= 15 is 0 Å². The molecule has 0 aromatic rings. The second-order valence-electron chi connectivity index (χ2n) is 18.9. The summed E-state index contributed by atoms with van der Waals surface area (Å²) in [4.78, 5) is 70.3. The molecule has 0 rings (SSSR count). The third kappa shape index (κ3) is 47.5. The topological polar surface area (TPSA) is 237 Å². The molecule has 0 aliphatic heterocycles. The van der Waals surface area contributed by atoms with E-state index in [0.717, 1.165) is 83.5 Å². The summed E-state index contributed by atoms with van der Waals surface area (Å²) in [6.07, 6.45) is 30.6. The van der Waals surface area contributed by atoms with Crippen molar-refractivity contribution >= 4 is 39.5 Å². The highest BCUT2D eigenvalue weighted by molar-refractivity contribution is 7.47. The fourth-order valence-corrected chi connectivity index (χ4v) is 9.13. The number of rotatable bonds is 53. The second kappa shape index (κ2) is 47.8. The van der Waals surface area contributed by atoms with Crippen LogP contribution in [-0.4, -0.2) is 96.7 Å². The number of unbranched alkanes of at least 4 members (excludes halogenated alkanes) is 28. The highest BCUT2D eigenvalue weighted by Gasteiger charge is 2.30. The summed E-state index contributed by atoms with van der Waals surface area (Å²) < 4.78 is 66.5. The van der Waals surface area contributed by atoms with Gasteiger partial charge in [-0.1, -0.05) is 207 Å². The molecule has 0 spiro atoms. The molecule has 0 amide bonds. The molecule has 0 saturated heterocycles. The molecule has 5 atom stereocenters. The number of esters is 4. The Hall–Kier alpha value is -1.94. The van der Waals surface area contributed by atoms with Crippen LogP contribution < -0.4 is 0 Å². The van der Waals surface area contributed by atoms with Gasteiger partial charge in [0.2, 0.25) is 0 Å². The van der Waals surface area contributed by atoms with Crippen molar-refractivity contribution in [3.63, 3.8) is 0 Å². The van der Waals surface area contributed by atoms with Crippen LogP contribution in [0.25, 0.3) is 0 Å². The summed E-state index contributed by atoms with van der Waals surface area (Å²) in [5.74, 6) is -2.25. The molecule has 0 aromatic heterocycles. The van der Waals surface area contributed by atoms with Crippen LogP contribution in [0.15, 0.2) is 0 Å². The number of ether oxygens (including phenoxy) is 4. The van der Waals surface area contributed by atoms with Crippen LogP contribution in [0.3, 0.4) is 0 Å². The maximum atomic E-state index is 12.8. The maximum Gasteiger partial charge on any atom is 0.472 e. The zero-order valence-electron chi connectivity index (χ0n) is 44.7. The van der Waals surface area contributed by atoms with E-state index in [0.29, 0.717) is 19.3 Å². The summed E-state index contributed by atoms with van der Waals surface area (Å²) in [7, 11) is -9.82. The third-order valence-electron chi connectivity index (χ3n) is 11.9. The van der Waals surface area contributed by atoms with Crippen molar-refractivity contribution in [3.05, 3.63) is 0 Å². The van der Waals surface area contributed by atoms with Gasteiger partial charge in [0, 0.05) is 25.7 Å². The Kier molecular flexibility index (Phi) is 46.4. The van der Waals surface area contributed by atoms with Gasteiger partial charge in [-0.15, -0.1) is 0 Å². The van der Waals surface area contributed by atoms with Crippen LogP contribution >= 0.6 is 15.6 Å². The fourth-order valence-electron chi connectivity index (χ4n) is 7.55. The lowest BCUT2D eigenvalue weighted by molar-refractivity contribution is -0.161. The normalized spacial score (nSPS) is 14.5. The quantitative estimate of drug-likeness (QED) is 0.0222. The van der Waals surface area contributed by atoms with Crippen LogP contribution in [0, 0.1) is 0 Å². The monoisotopic (exact) mass is 1060 g/mol. The smallest absolute Gasteiger partial charge is 0.462 e. The Bertz CT molecular complexity index is 1400. The van der Waals surface area contributed by atoms with Gasteiger partial charge >= 0.3 is 39.5 Å². The lowest BCUT2D eigenvalue weighted by Gasteiger charge is -2.21. The van der Waals surface area contributed by atoms with Crippen molar-refractivity contribution in [2.45, 2.75) is 271 Å². The minimum absolute atomic E-state index is 0.0519. The van der Waals surface area contributed by atoms with Gasteiger partial charge in [0.05, 0.1) is 26.4 Å². The van der Waals surface area contributed by atoms with Gasteiger partial charge in [-0.25, -0.2) is 9.13 Å². The number of carbonyl (C=O) groups excluding carboxylic acids is 4. The van der Waals surface area contributed by atoms with Crippen LogP contribution in [0.1, 0.15) is 252 Å². The van der Waals surface area contributed by atoms with E-state index < -0.39 is 97.5 Å². The summed E-state index contributed by atoms with van der Waals surface area (Å²) in [5.41, 5.74) is 0. The molecule has 0 aliphatic rings. The van der Waals surface area contributed by atoms with Gasteiger partial charge in [-0.3, -0.25) is 37.3 Å². The Morgan fingerprint density at radius 2 is 0.606 bits per heavy atom. The first-order valence-corrected chi connectivity index (χ1v) is 30.8. The Balaban J connectivity index is 4.88. The number of phosphoric acid groups is 2.